The number of benzene rings is 1. The minimum Gasteiger partial charge on any atom is -0.469 e. The predicted octanol–water partition coefficient (Wildman–Crippen LogP) is 0.318. The van der Waals surface area contributed by atoms with Crippen molar-refractivity contribution in [2.24, 2.45) is 5.92 Å². The van der Waals surface area contributed by atoms with Crippen LogP contribution in [0.4, 0.5) is 11.4 Å². The molecule has 7 heteroatoms. The Morgan fingerprint density at radius 3 is 2.41 bits per heavy atom. The Balaban J connectivity index is 1.50. The van der Waals surface area contributed by atoms with E-state index in [4.69, 9.17) is 9.47 Å². The monoisotopic (exact) mass is 376 g/mol. The topological polar surface area (TPSA) is 72.3 Å². The van der Waals surface area contributed by atoms with Crippen molar-refractivity contribution in [3.8, 4) is 0 Å². The normalized spacial score (nSPS) is 24.1. The van der Waals surface area contributed by atoms with Gasteiger partial charge in [-0.05, 0) is 31.2 Å². The number of piperidine rings is 1. The molecule has 1 atom stereocenters. The van der Waals surface area contributed by atoms with Gasteiger partial charge in [-0.15, -0.1) is 0 Å². The van der Waals surface area contributed by atoms with Gasteiger partial charge in [-0.25, -0.2) is 0 Å². The molecule has 2 N–H and O–H groups in total. The largest absolute Gasteiger partial charge is 0.469 e. The Labute approximate surface area is 160 Å². The average molecular weight is 376 g/mol. The van der Waals surface area contributed by atoms with Crippen LogP contribution in [0.25, 0.3) is 0 Å². The van der Waals surface area contributed by atoms with E-state index in [1.165, 1.54) is 12.0 Å². The van der Waals surface area contributed by atoms with E-state index in [0.717, 1.165) is 63.6 Å². The smallest absolute Gasteiger partial charge is 0.309 e. The van der Waals surface area contributed by atoms with Crippen molar-refractivity contribution in [1.29, 1.82) is 0 Å². The molecule has 0 aliphatic carbocycles. The maximum atomic E-state index is 12.6. The molecular formula is C20H30N3O4+. The lowest BCUT2D eigenvalue weighted by molar-refractivity contribution is -0.919. The summed E-state index contributed by atoms with van der Waals surface area (Å²) in [5.41, 5.74) is 1.97. The molecule has 2 fully saturated rings. The van der Waals surface area contributed by atoms with Crippen LogP contribution in [-0.2, 0) is 19.1 Å². The third kappa shape index (κ3) is 4.99. The first-order valence-corrected chi connectivity index (χ1v) is 9.74. The van der Waals surface area contributed by atoms with Crippen molar-refractivity contribution in [2.45, 2.75) is 25.8 Å². The Bertz CT molecular complexity index is 635. The molecule has 0 aromatic heterocycles. The third-order valence-electron chi connectivity index (χ3n) is 5.68. The number of hydrogen-bond donors (Lipinski definition) is 2. The number of nitrogens with zero attached hydrogens (tertiary/aromatic N) is 1. The average Bonchev–Trinajstić information content (AvgIpc) is 2.74. The fourth-order valence-electron chi connectivity index (χ4n) is 3.84. The van der Waals surface area contributed by atoms with Gasteiger partial charge in [-0.2, -0.15) is 0 Å². The number of carbonyl (C=O) groups excluding carboxylic acids is 2. The molecule has 7 nitrogen and oxygen atoms in total. The molecule has 0 spiro atoms. The first-order valence-electron chi connectivity index (χ1n) is 9.74. The molecule has 1 aromatic rings. The number of morpholine rings is 1. The van der Waals surface area contributed by atoms with E-state index in [9.17, 15) is 9.59 Å². The summed E-state index contributed by atoms with van der Waals surface area (Å²) in [6.07, 6.45) is 1.54. The highest BCUT2D eigenvalue weighted by molar-refractivity contribution is 5.93. The van der Waals surface area contributed by atoms with Crippen LogP contribution < -0.4 is 15.1 Å². The van der Waals surface area contributed by atoms with Crippen LogP contribution in [0.15, 0.2) is 24.3 Å². The molecule has 0 radical (unpaired) electrons. The summed E-state index contributed by atoms with van der Waals surface area (Å²) in [5.74, 6) is -0.145. The van der Waals surface area contributed by atoms with Gasteiger partial charge in [0, 0.05) is 37.3 Å². The molecule has 0 saturated carbocycles. The highest BCUT2D eigenvalue weighted by Crippen LogP contribution is 2.19. The summed E-state index contributed by atoms with van der Waals surface area (Å²) in [4.78, 5) is 27.8. The molecule has 148 valence electrons. The van der Waals surface area contributed by atoms with Gasteiger partial charge in [0.15, 0.2) is 6.04 Å². The quantitative estimate of drug-likeness (QED) is 0.724. The molecule has 2 saturated heterocycles. The Morgan fingerprint density at radius 1 is 1.19 bits per heavy atom. The van der Waals surface area contributed by atoms with Gasteiger partial charge < -0.3 is 24.6 Å². The van der Waals surface area contributed by atoms with E-state index in [1.54, 1.807) is 0 Å². The molecule has 2 aliphatic rings. The summed E-state index contributed by atoms with van der Waals surface area (Å²) in [7, 11) is 1.43. The van der Waals surface area contributed by atoms with Crippen molar-refractivity contribution in [1.82, 2.24) is 0 Å². The van der Waals surface area contributed by atoms with E-state index in [0.29, 0.717) is 0 Å². The van der Waals surface area contributed by atoms with Gasteiger partial charge in [-0.3, -0.25) is 9.59 Å². The minimum absolute atomic E-state index is 0.0145. The van der Waals surface area contributed by atoms with E-state index in [2.05, 4.69) is 10.2 Å². The number of methoxy groups -OCH3 is 1. The van der Waals surface area contributed by atoms with Crippen molar-refractivity contribution >= 4 is 23.3 Å². The maximum Gasteiger partial charge on any atom is 0.309 e. The second-order valence-electron chi connectivity index (χ2n) is 7.31. The molecule has 3 rings (SSSR count). The van der Waals surface area contributed by atoms with Gasteiger partial charge in [0.1, 0.15) is 0 Å². The van der Waals surface area contributed by atoms with Crippen LogP contribution in [0.2, 0.25) is 0 Å². The second kappa shape index (κ2) is 9.19. The lowest BCUT2D eigenvalue weighted by Crippen LogP contribution is -3.17. The van der Waals surface area contributed by atoms with Crippen molar-refractivity contribution in [3.05, 3.63) is 24.3 Å². The summed E-state index contributed by atoms with van der Waals surface area (Å²) in [6.45, 7) is 6.87. The highest BCUT2D eigenvalue weighted by atomic mass is 16.5. The standard InChI is InChI=1S/C20H29N3O4/c1-15(22-9-7-16(8-10-22)20(25)26-2)19(24)21-17-3-5-18(6-4-17)23-11-13-27-14-12-23/h3-6,15-16H,7-14H2,1-2H3,(H,21,24)/p+1/t15-/m1/s1. The second-order valence-corrected chi connectivity index (χ2v) is 7.31. The Kier molecular flexibility index (Phi) is 6.68. The first kappa shape index (κ1) is 19.6. The van der Waals surface area contributed by atoms with Crippen LogP contribution in [0.3, 0.4) is 0 Å². The number of nitrogens with one attached hydrogen (secondary N) is 2. The molecular weight excluding hydrogens is 346 g/mol. The number of rotatable bonds is 5. The number of quaternary nitrogens is 1. The molecule has 1 amide bonds. The summed E-state index contributed by atoms with van der Waals surface area (Å²) in [5, 5.41) is 3.02. The number of carbonyl (C=O) groups is 2. The van der Waals surface area contributed by atoms with E-state index < -0.39 is 0 Å². The van der Waals surface area contributed by atoms with Crippen molar-refractivity contribution in [2.75, 3.05) is 56.7 Å². The van der Waals surface area contributed by atoms with Gasteiger partial charge >= 0.3 is 5.97 Å². The van der Waals surface area contributed by atoms with Gasteiger partial charge in [0.25, 0.3) is 5.91 Å². The van der Waals surface area contributed by atoms with Crippen LogP contribution in [0, 0.1) is 5.92 Å². The predicted molar refractivity (Wildman–Crippen MR) is 103 cm³/mol. The van der Waals surface area contributed by atoms with Crippen LogP contribution in [-0.4, -0.2) is 64.4 Å². The number of ether oxygens (including phenoxy) is 2. The van der Waals surface area contributed by atoms with E-state index >= 15 is 0 Å². The molecule has 27 heavy (non-hydrogen) atoms. The number of esters is 1. The summed E-state index contributed by atoms with van der Waals surface area (Å²) < 4.78 is 10.2. The molecule has 2 aliphatic heterocycles. The number of anilines is 2. The molecule has 0 unspecified atom stereocenters. The van der Waals surface area contributed by atoms with Crippen LogP contribution >= 0.6 is 0 Å². The lowest BCUT2D eigenvalue weighted by Gasteiger charge is -2.31. The van der Waals surface area contributed by atoms with Crippen molar-refractivity contribution in [3.63, 3.8) is 0 Å². The first-order chi connectivity index (χ1) is 13.1. The Hall–Kier alpha value is -2.12. The minimum atomic E-state index is -0.150. The lowest BCUT2D eigenvalue weighted by atomic mass is 9.96. The summed E-state index contributed by atoms with van der Waals surface area (Å²) in [6, 6.07) is 7.84. The van der Waals surface area contributed by atoms with Crippen molar-refractivity contribution < 1.29 is 24.0 Å². The van der Waals surface area contributed by atoms with Gasteiger partial charge in [-0.1, -0.05) is 0 Å². The summed E-state index contributed by atoms with van der Waals surface area (Å²) >= 11 is 0. The maximum absolute atomic E-state index is 12.6. The zero-order chi connectivity index (χ0) is 19.2. The van der Waals surface area contributed by atoms with Crippen LogP contribution in [0.5, 0.6) is 0 Å². The zero-order valence-corrected chi connectivity index (χ0v) is 16.2. The van der Waals surface area contributed by atoms with E-state index in [-0.39, 0.29) is 23.8 Å². The fraction of sp³-hybridized carbons (Fsp3) is 0.600. The fourth-order valence-corrected chi connectivity index (χ4v) is 3.84. The van der Waals surface area contributed by atoms with Crippen LogP contribution in [0.1, 0.15) is 19.8 Å². The molecule has 2 heterocycles. The number of hydrogen-bond acceptors (Lipinski definition) is 5. The zero-order valence-electron chi connectivity index (χ0n) is 16.2. The van der Waals surface area contributed by atoms with Gasteiger partial charge in [0.2, 0.25) is 0 Å². The highest BCUT2D eigenvalue weighted by Gasteiger charge is 2.33. The number of amides is 1. The molecule has 0 bridgehead atoms. The Morgan fingerprint density at radius 2 is 1.81 bits per heavy atom. The SMILES string of the molecule is COC(=O)C1CC[NH+]([C@H](C)C(=O)Nc2ccc(N3CCOCC3)cc2)CC1. The third-order valence-corrected chi connectivity index (χ3v) is 5.68. The molecule has 1 aromatic carbocycles. The number of likely N-dealkylation sites (tertiary alicyclic amines) is 1. The van der Waals surface area contributed by atoms with E-state index in [1.807, 2.05) is 31.2 Å². The van der Waals surface area contributed by atoms with Gasteiger partial charge in [0.05, 0.1) is 39.3 Å².